The van der Waals surface area contributed by atoms with Crippen LogP contribution in [0, 0.1) is 0 Å². The van der Waals surface area contributed by atoms with Gasteiger partial charge in [0, 0.05) is 17.6 Å². The third kappa shape index (κ3) is 4.94. The van der Waals surface area contributed by atoms with Gasteiger partial charge in [-0.05, 0) is 48.7 Å². The van der Waals surface area contributed by atoms with Crippen LogP contribution in [0.5, 0.6) is 0 Å². The van der Waals surface area contributed by atoms with Gasteiger partial charge >= 0.3 is 0 Å². The summed E-state index contributed by atoms with van der Waals surface area (Å²) in [6, 6.07) is 15.7. The van der Waals surface area contributed by atoms with E-state index in [1.165, 1.54) is 17.3 Å². The predicted octanol–water partition coefficient (Wildman–Crippen LogP) is 4.67. The highest BCUT2D eigenvalue weighted by atomic mass is 35.5. The highest BCUT2D eigenvalue weighted by molar-refractivity contribution is 7.99. The first-order valence-electron chi connectivity index (χ1n) is 9.14. The Morgan fingerprint density at radius 2 is 1.82 bits per heavy atom. The van der Waals surface area contributed by atoms with E-state index in [9.17, 15) is 4.79 Å². The van der Waals surface area contributed by atoms with Gasteiger partial charge in [0.15, 0.2) is 11.0 Å². The Kier molecular flexibility index (Phi) is 6.75. The molecular weight excluding hydrogens is 392 g/mol. The second kappa shape index (κ2) is 9.26. The molecule has 28 heavy (non-hydrogen) atoms. The monoisotopic (exact) mass is 414 g/mol. The molecule has 0 aliphatic heterocycles. The molecule has 3 rings (SSSR count). The van der Waals surface area contributed by atoms with Crippen LogP contribution in [-0.2, 0) is 18.3 Å². The molecule has 0 fully saturated rings. The first-order valence-corrected chi connectivity index (χ1v) is 10.5. The fourth-order valence-corrected chi connectivity index (χ4v) is 3.68. The van der Waals surface area contributed by atoms with Crippen molar-refractivity contribution < 1.29 is 4.79 Å². The van der Waals surface area contributed by atoms with Crippen molar-refractivity contribution in [1.29, 1.82) is 0 Å². The third-order valence-corrected chi connectivity index (χ3v) is 5.81. The zero-order chi connectivity index (χ0) is 20.1. The summed E-state index contributed by atoms with van der Waals surface area (Å²) >= 11 is 7.31. The van der Waals surface area contributed by atoms with E-state index in [0.29, 0.717) is 10.2 Å². The number of carbonyl (C=O) groups is 1. The van der Waals surface area contributed by atoms with Crippen molar-refractivity contribution in [3.8, 4) is 11.4 Å². The normalized spacial score (nSPS) is 12.0. The van der Waals surface area contributed by atoms with Crippen LogP contribution >= 0.6 is 23.4 Å². The minimum atomic E-state index is -0.0388. The molecule has 0 bridgehead atoms. The van der Waals surface area contributed by atoms with Gasteiger partial charge in [-0.3, -0.25) is 4.79 Å². The number of halogens is 1. The van der Waals surface area contributed by atoms with Crippen molar-refractivity contribution in [2.75, 3.05) is 5.75 Å². The first-order chi connectivity index (χ1) is 13.5. The molecule has 0 saturated heterocycles. The maximum Gasteiger partial charge on any atom is 0.230 e. The van der Waals surface area contributed by atoms with E-state index in [1.807, 2.05) is 42.8 Å². The molecule has 1 heterocycles. The number of rotatable bonds is 7. The largest absolute Gasteiger partial charge is 0.349 e. The Hall–Kier alpha value is -2.31. The van der Waals surface area contributed by atoms with Crippen LogP contribution in [0.15, 0.2) is 53.7 Å². The fraction of sp³-hybridized carbons (Fsp3) is 0.286. The number of carbonyl (C=O) groups excluding carboxylic acids is 1. The molecule has 1 amide bonds. The molecule has 0 aliphatic carbocycles. The lowest BCUT2D eigenvalue weighted by atomic mass is 10.1. The summed E-state index contributed by atoms with van der Waals surface area (Å²) in [7, 11) is 1.89. The van der Waals surface area contributed by atoms with E-state index in [2.05, 4.69) is 46.7 Å². The van der Waals surface area contributed by atoms with Crippen molar-refractivity contribution >= 4 is 29.3 Å². The van der Waals surface area contributed by atoms with E-state index in [4.69, 9.17) is 11.6 Å². The Labute approximate surface area is 174 Å². The average molecular weight is 415 g/mol. The Morgan fingerprint density at radius 1 is 1.14 bits per heavy atom. The van der Waals surface area contributed by atoms with Crippen LogP contribution in [0.1, 0.15) is 31.0 Å². The molecule has 1 aromatic heterocycles. The van der Waals surface area contributed by atoms with E-state index < -0.39 is 0 Å². The Bertz CT molecular complexity index is 938. The number of nitrogens with zero attached hydrogens (tertiary/aromatic N) is 3. The summed E-state index contributed by atoms with van der Waals surface area (Å²) in [5, 5.41) is 12.8. The molecule has 2 aromatic carbocycles. The minimum absolute atomic E-state index is 0.0342. The van der Waals surface area contributed by atoms with Crippen LogP contribution in [0.4, 0.5) is 0 Å². The molecule has 1 N–H and O–H groups in total. The summed E-state index contributed by atoms with van der Waals surface area (Å²) in [5.41, 5.74) is 3.32. The quantitative estimate of drug-likeness (QED) is 0.571. The van der Waals surface area contributed by atoms with Crippen LogP contribution in [-0.4, -0.2) is 26.4 Å². The lowest BCUT2D eigenvalue weighted by Crippen LogP contribution is -2.28. The van der Waals surface area contributed by atoms with Crippen molar-refractivity contribution in [3.63, 3.8) is 0 Å². The molecule has 7 heteroatoms. The van der Waals surface area contributed by atoms with Crippen molar-refractivity contribution in [1.82, 2.24) is 20.1 Å². The summed E-state index contributed by atoms with van der Waals surface area (Å²) in [4.78, 5) is 12.3. The summed E-state index contributed by atoms with van der Waals surface area (Å²) in [5.74, 6) is 0.987. The topological polar surface area (TPSA) is 59.8 Å². The van der Waals surface area contributed by atoms with Gasteiger partial charge in [-0.15, -0.1) is 10.2 Å². The molecule has 1 atom stereocenters. The second-order valence-corrected chi connectivity index (χ2v) is 7.92. The zero-order valence-electron chi connectivity index (χ0n) is 16.1. The van der Waals surface area contributed by atoms with Crippen molar-refractivity contribution in [2.24, 2.45) is 7.05 Å². The third-order valence-electron chi connectivity index (χ3n) is 4.54. The van der Waals surface area contributed by atoms with Gasteiger partial charge in [-0.2, -0.15) is 0 Å². The second-order valence-electron chi connectivity index (χ2n) is 6.55. The standard InChI is InChI=1S/C21H23ClN4OS/c1-4-15-5-7-16(8-6-15)14(2)23-19(27)13-28-21-25-24-20(26(21)3)17-9-11-18(22)12-10-17/h5-12,14H,4,13H2,1-3H3,(H,23,27). The summed E-state index contributed by atoms with van der Waals surface area (Å²) in [6.45, 7) is 4.12. The first kappa shape index (κ1) is 20.4. The minimum Gasteiger partial charge on any atom is -0.349 e. The molecule has 0 aliphatic rings. The lowest BCUT2D eigenvalue weighted by Gasteiger charge is -2.14. The lowest BCUT2D eigenvalue weighted by molar-refractivity contribution is -0.119. The van der Waals surface area contributed by atoms with Crippen LogP contribution in [0.2, 0.25) is 5.02 Å². The maximum atomic E-state index is 12.3. The molecule has 0 radical (unpaired) electrons. The van der Waals surface area contributed by atoms with Gasteiger partial charge in [0.25, 0.3) is 0 Å². The maximum absolute atomic E-state index is 12.3. The number of hydrogen-bond acceptors (Lipinski definition) is 4. The summed E-state index contributed by atoms with van der Waals surface area (Å²) < 4.78 is 1.88. The number of thioether (sulfide) groups is 1. The van der Waals surface area contributed by atoms with E-state index >= 15 is 0 Å². The van der Waals surface area contributed by atoms with Gasteiger partial charge in [0.05, 0.1) is 11.8 Å². The molecule has 0 spiro atoms. The van der Waals surface area contributed by atoms with Crippen LogP contribution < -0.4 is 5.32 Å². The number of amides is 1. The zero-order valence-corrected chi connectivity index (χ0v) is 17.7. The van der Waals surface area contributed by atoms with E-state index in [-0.39, 0.29) is 17.7 Å². The van der Waals surface area contributed by atoms with Gasteiger partial charge in [0.1, 0.15) is 0 Å². The number of nitrogens with one attached hydrogen (secondary N) is 1. The molecule has 146 valence electrons. The Balaban J connectivity index is 1.57. The molecule has 1 unspecified atom stereocenters. The van der Waals surface area contributed by atoms with Gasteiger partial charge < -0.3 is 9.88 Å². The molecule has 3 aromatic rings. The average Bonchev–Trinajstić information content (AvgIpc) is 3.07. The number of benzene rings is 2. The van der Waals surface area contributed by atoms with Crippen LogP contribution in [0.3, 0.4) is 0 Å². The van der Waals surface area contributed by atoms with E-state index in [0.717, 1.165) is 23.4 Å². The summed E-state index contributed by atoms with van der Waals surface area (Å²) in [6.07, 6.45) is 1.01. The Morgan fingerprint density at radius 3 is 2.46 bits per heavy atom. The van der Waals surface area contributed by atoms with Gasteiger partial charge in [0.2, 0.25) is 5.91 Å². The highest BCUT2D eigenvalue weighted by Gasteiger charge is 2.14. The van der Waals surface area contributed by atoms with Gasteiger partial charge in [-0.25, -0.2) is 0 Å². The smallest absolute Gasteiger partial charge is 0.230 e. The molecule has 5 nitrogen and oxygen atoms in total. The number of hydrogen-bond donors (Lipinski definition) is 1. The number of aryl methyl sites for hydroxylation is 1. The predicted molar refractivity (Wildman–Crippen MR) is 115 cm³/mol. The SMILES string of the molecule is CCc1ccc(C(C)NC(=O)CSc2nnc(-c3ccc(Cl)cc3)n2C)cc1. The van der Waals surface area contributed by atoms with Crippen LogP contribution in [0.25, 0.3) is 11.4 Å². The molecule has 0 saturated carbocycles. The fourth-order valence-electron chi connectivity index (χ4n) is 2.83. The number of aromatic nitrogens is 3. The highest BCUT2D eigenvalue weighted by Crippen LogP contribution is 2.24. The van der Waals surface area contributed by atoms with Crippen molar-refractivity contribution in [3.05, 3.63) is 64.7 Å². The van der Waals surface area contributed by atoms with E-state index in [1.54, 1.807) is 0 Å². The van der Waals surface area contributed by atoms with Gasteiger partial charge in [-0.1, -0.05) is 54.6 Å². The molecular formula is C21H23ClN4OS. The van der Waals surface area contributed by atoms with Crippen molar-refractivity contribution in [2.45, 2.75) is 31.5 Å².